The van der Waals surface area contributed by atoms with E-state index in [0.717, 1.165) is 33.9 Å². The molecular formula is C22H19N7. The first-order valence-corrected chi connectivity index (χ1v) is 9.77. The van der Waals surface area contributed by atoms with Crippen molar-refractivity contribution in [2.24, 2.45) is 7.05 Å². The van der Waals surface area contributed by atoms with Crippen LogP contribution in [-0.2, 0) is 7.05 Å². The summed E-state index contributed by atoms with van der Waals surface area (Å²) < 4.78 is 3.98. The van der Waals surface area contributed by atoms with Gasteiger partial charge in [0, 0.05) is 24.2 Å². The summed E-state index contributed by atoms with van der Waals surface area (Å²) in [6.45, 7) is 0. The van der Waals surface area contributed by atoms with Gasteiger partial charge in [-0.2, -0.15) is 4.52 Å². The van der Waals surface area contributed by atoms with E-state index >= 15 is 0 Å². The predicted molar refractivity (Wildman–Crippen MR) is 112 cm³/mol. The quantitative estimate of drug-likeness (QED) is 0.502. The van der Waals surface area contributed by atoms with E-state index in [2.05, 4.69) is 45.3 Å². The molecule has 6 rings (SSSR count). The zero-order valence-corrected chi connectivity index (χ0v) is 15.9. The fraction of sp³-hybridized carbons (Fsp3) is 0.182. The Morgan fingerprint density at radius 1 is 0.966 bits per heavy atom. The van der Waals surface area contributed by atoms with Gasteiger partial charge < -0.3 is 9.88 Å². The number of aromatic nitrogens is 6. The largest absolute Gasteiger partial charge is 0.339 e. The molecule has 0 bridgehead atoms. The summed E-state index contributed by atoms with van der Waals surface area (Å²) in [5, 5.41) is 16.6. The van der Waals surface area contributed by atoms with Crippen LogP contribution in [0.3, 0.4) is 0 Å². The fourth-order valence-corrected chi connectivity index (χ4v) is 3.77. The molecule has 0 unspecified atom stereocenters. The van der Waals surface area contributed by atoms with Gasteiger partial charge in [0.25, 0.3) is 0 Å². The number of rotatable bonds is 4. The number of hydrogen-bond acceptors (Lipinski definition) is 5. The van der Waals surface area contributed by atoms with Crippen LogP contribution in [0, 0.1) is 0 Å². The highest BCUT2D eigenvalue weighted by atomic mass is 15.4. The van der Waals surface area contributed by atoms with Crippen LogP contribution in [0.25, 0.3) is 28.1 Å². The second-order valence-electron chi connectivity index (χ2n) is 7.51. The molecule has 0 radical (unpaired) electrons. The van der Waals surface area contributed by atoms with Crippen LogP contribution in [0.2, 0.25) is 0 Å². The molecule has 0 amide bonds. The smallest absolute Gasteiger partial charge is 0.185 e. The van der Waals surface area contributed by atoms with Gasteiger partial charge in [-0.15, -0.1) is 15.3 Å². The lowest BCUT2D eigenvalue weighted by Gasteiger charge is -2.07. The van der Waals surface area contributed by atoms with E-state index in [1.54, 1.807) is 4.52 Å². The average molecular weight is 381 g/mol. The van der Waals surface area contributed by atoms with E-state index < -0.39 is 0 Å². The summed E-state index contributed by atoms with van der Waals surface area (Å²) in [5.41, 5.74) is 4.82. The molecule has 0 spiro atoms. The topological polar surface area (TPSA) is 72.9 Å². The monoisotopic (exact) mass is 381 g/mol. The minimum absolute atomic E-state index is 0.623. The first kappa shape index (κ1) is 16.2. The molecule has 2 aromatic carbocycles. The van der Waals surface area contributed by atoms with Crippen molar-refractivity contribution in [1.82, 2.24) is 29.4 Å². The molecule has 0 aliphatic heterocycles. The molecule has 0 atom stereocenters. The van der Waals surface area contributed by atoms with Crippen LogP contribution in [0.5, 0.6) is 0 Å². The van der Waals surface area contributed by atoms with Crippen LogP contribution in [-0.4, -0.2) is 29.4 Å². The first-order valence-electron chi connectivity index (χ1n) is 9.77. The molecule has 1 fully saturated rings. The van der Waals surface area contributed by atoms with Gasteiger partial charge in [-0.3, -0.25) is 0 Å². The zero-order chi connectivity index (χ0) is 19.4. The SMILES string of the molecule is Cn1c(C2CC2)nc2cc(Nc3ccc4nnc(-c5ccccc5)n4n3)ccc21. The number of benzene rings is 2. The normalized spacial score (nSPS) is 14.0. The maximum atomic E-state index is 4.85. The summed E-state index contributed by atoms with van der Waals surface area (Å²) in [6, 6.07) is 20.0. The van der Waals surface area contributed by atoms with Crippen molar-refractivity contribution in [3.63, 3.8) is 0 Å². The minimum Gasteiger partial charge on any atom is -0.339 e. The third-order valence-corrected chi connectivity index (χ3v) is 5.43. The van der Waals surface area contributed by atoms with Crippen molar-refractivity contribution in [2.45, 2.75) is 18.8 Å². The minimum atomic E-state index is 0.623. The van der Waals surface area contributed by atoms with E-state index in [-0.39, 0.29) is 0 Å². The van der Waals surface area contributed by atoms with Crippen molar-refractivity contribution in [2.75, 3.05) is 5.32 Å². The third-order valence-electron chi connectivity index (χ3n) is 5.43. The van der Waals surface area contributed by atoms with Crippen LogP contribution >= 0.6 is 0 Å². The molecule has 7 heteroatoms. The van der Waals surface area contributed by atoms with Crippen molar-refractivity contribution in [3.8, 4) is 11.4 Å². The van der Waals surface area contributed by atoms with Gasteiger partial charge >= 0.3 is 0 Å². The summed E-state index contributed by atoms with van der Waals surface area (Å²) >= 11 is 0. The number of fused-ring (bicyclic) bond motifs is 2. The molecule has 1 N–H and O–H groups in total. The average Bonchev–Trinajstić information content (AvgIpc) is 3.43. The number of imidazole rings is 1. The summed E-state index contributed by atoms with van der Waals surface area (Å²) in [4.78, 5) is 4.85. The maximum Gasteiger partial charge on any atom is 0.185 e. The van der Waals surface area contributed by atoms with Gasteiger partial charge in [-0.05, 0) is 43.2 Å². The van der Waals surface area contributed by atoms with Gasteiger partial charge in [0.05, 0.1) is 11.0 Å². The Kier molecular flexibility index (Phi) is 3.43. The van der Waals surface area contributed by atoms with E-state index in [1.165, 1.54) is 18.7 Å². The highest BCUT2D eigenvalue weighted by Crippen LogP contribution is 2.40. The van der Waals surface area contributed by atoms with Crippen LogP contribution in [0.4, 0.5) is 11.5 Å². The Hall–Kier alpha value is -3.74. The van der Waals surface area contributed by atoms with Crippen LogP contribution < -0.4 is 5.32 Å². The molecule has 7 nitrogen and oxygen atoms in total. The van der Waals surface area contributed by atoms with Crippen LogP contribution in [0.1, 0.15) is 24.6 Å². The lowest BCUT2D eigenvalue weighted by Crippen LogP contribution is -2.00. The second kappa shape index (κ2) is 6.13. The highest BCUT2D eigenvalue weighted by molar-refractivity contribution is 5.81. The second-order valence-corrected chi connectivity index (χ2v) is 7.51. The standard InChI is InChI=1S/C22H19N7/c1-28-18-10-9-16(13-17(18)24-21(28)15-7-8-15)23-19-11-12-20-25-26-22(29(20)27-19)14-5-3-2-4-6-14/h2-6,9-13,15H,7-8H2,1H3,(H,23,27). The summed E-state index contributed by atoms with van der Waals surface area (Å²) in [7, 11) is 2.10. The Labute approximate surface area is 167 Å². The molecule has 3 heterocycles. The van der Waals surface area contributed by atoms with E-state index in [0.29, 0.717) is 11.6 Å². The maximum absolute atomic E-state index is 4.85. The molecule has 3 aromatic heterocycles. The zero-order valence-electron chi connectivity index (χ0n) is 15.9. The predicted octanol–water partition coefficient (Wildman–Crippen LogP) is 4.30. The number of aryl methyl sites for hydroxylation is 1. The van der Waals surface area contributed by atoms with Gasteiger partial charge in [-0.1, -0.05) is 30.3 Å². The van der Waals surface area contributed by atoms with Gasteiger partial charge in [-0.25, -0.2) is 4.98 Å². The molecule has 1 saturated carbocycles. The number of hydrogen-bond donors (Lipinski definition) is 1. The molecular weight excluding hydrogens is 362 g/mol. The first-order chi connectivity index (χ1) is 14.3. The number of anilines is 2. The third kappa shape index (κ3) is 2.74. The van der Waals surface area contributed by atoms with E-state index in [9.17, 15) is 0 Å². The van der Waals surface area contributed by atoms with Crippen molar-refractivity contribution >= 4 is 28.2 Å². The molecule has 29 heavy (non-hydrogen) atoms. The lowest BCUT2D eigenvalue weighted by molar-refractivity contribution is 0.820. The number of nitrogens with one attached hydrogen (secondary N) is 1. The van der Waals surface area contributed by atoms with Crippen LogP contribution in [0.15, 0.2) is 60.7 Å². The van der Waals surface area contributed by atoms with Crippen molar-refractivity contribution < 1.29 is 0 Å². The lowest BCUT2D eigenvalue weighted by atomic mass is 10.2. The van der Waals surface area contributed by atoms with Gasteiger partial charge in [0.15, 0.2) is 17.3 Å². The van der Waals surface area contributed by atoms with Crippen molar-refractivity contribution in [3.05, 3.63) is 66.5 Å². The summed E-state index contributed by atoms with van der Waals surface area (Å²) in [6.07, 6.45) is 2.49. The molecule has 1 aliphatic carbocycles. The van der Waals surface area contributed by atoms with E-state index in [4.69, 9.17) is 10.1 Å². The Balaban J connectivity index is 1.36. The Morgan fingerprint density at radius 3 is 2.66 bits per heavy atom. The Bertz CT molecular complexity index is 1350. The fourth-order valence-electron chi connectivity index (χ4n) is 3.77. The molecule has 1 aliphatic rings. The van der Waals surface area contributed by atoms with E-state index in [1.807, 2.05) is 42.5 Å². The van der Waals surface area contributed by atoms with Gasteiger partial charge in [0.2, 0.25) is 0 Å². The van der Waals surface area contributed by atoms with Crippen molar-refractivity contribution in [1.29, 1.82) is 0 Å². The Morgan fingerprint density at radius 2 is 1.83 bits per heavy atom. The van der Waals surface area contributed by atoms with Gasteiger partial charge in [0.1, 0.15) is 5.82 Å². The molecule has 0 saturated heterocycles. The number of nitrogens with zero attached hydrogens (tertiary/aromatic N) is 6. The molecule has 142 valence electrons. The molecule has 5 aromatic rings. The highest BCUT2D eigenvalue weighted by Gasteiger charge is 2.28. The summed E-state index contributed by atoms with van der Waals surface area (Å²) in [5.74, 6) is 3.26.